The van der Waals surface area contributed by atoms with E-state index in [-0.39, 0.29) is 11.5 Å². The van der Waals surface area contributed by atoms with E-state index in [1.54, 1.807) is 0 Å². The zero-order valence-electron chi connectivity index (χ0n) is 13.4. The first-order valence-corrected chi connectivity index (χ1v) is 8.83. The van der Waals surface area contributed by atoms with Crippen molar-refractivity contribution in [3.63, 3.8) is 0 Å². The van der Waals surface area contributed by atoms with E-state index in [1.807, 2.05) is 4.90 Å². The van der Waals surface area contributed by atoms with Crippen LogP contribution in [0.5, 0.6) is 0 Å². The SMILES string of the molecule is CCC1(COC(=O)N2CCNCC2)CC2CCCC(C2)C1. The predicted octanol–water partition coefficient (Wildman–Crippen LogP) is 3.02. The highest BCUT2D eigenvalue weighted by atomic mass is 16.6. The molecular weight excluding hydrogens is 264 g/mol. The summed E-state index contributed by atoms with van der Waals surface area (Å²) >= 11 is 0. The number of carbonyl (C=O) groups is 1. The quantitative estimate of drug-likeness (QED) is 0.870. The lowest BCUT2D eigenvalue weighted by molar-refractivity contribution is -0.0128. The van der Waals surface area contributed by atoms with Crippen molar-refractivity contribution in [3.05, 3.63) is 0 Å². The summed E-state index contributed by atoms with van der Waals surface area (Å²) in [7, 11) is 0. The number of carbonyl (C=O) groups excluding carboxylic acids is 1. The second-order valence-electron chi connectivity index (χ2n) is 7.45. The fraction of sp³-hybridized carbons (Fsp3) is 0.941. The van der Waals surface area contributed by atoms with Crippen LogP contribution in [-0.4, -0.2) is 43.8 Å². The first-order chi connectivity index (χ1) is 10.2. The minimum Gasteiger partial charge on any atom is -0.449 e. The first kappa shape index (κ1) is 15.1. The van der Waals surface area contributed by atoms with E-state index in [2.05, 4.69) is 12.2 Å². The normalized spacial score (nSPS) is 36.3. The molecule has 0 aromatic heterocycles. The molecule has 2 saturated carbocycles. The van der Waals surface area contributed by atoms with Crippen molar-refractivity contribution in [2.45, 2.75) is 51.9 Å². The summed E-state index contributed by atoms with van der Waals surface area (Å²) in [5, 5.41) is 3.27. The van der Waals surface area contributed by atoms with Crippen molar-refractivity contribution in [1.82, 2.24) is 10.2 Å². The lowest BCUT2D eigenvalue weighted by Gasteiger charge is -2.46. The van der Waals surface area contributed by atoms with E-state index < -0.39 is 0 Å². The van der Waals surface area contributed by atoms with Crippen molar-refractivity contribution in [2.24, 2.45) is 17.3 Å². The van der Waals surface area contributed by atoms with Crippen LogP contribution in [0.15, 0.2) is 0 Å². The van der Waals surface area contributed by atoms with Crippen LogP contribution in [0.3, 0.4) is 0 Å². The third kappa shape index (κ3) is 3.53. The van der Waals surface area contributed by atoms with Gasteiger partial charge in [-0.15, -0.1) is 0 Å². The van der Waals surface area contributed by atoms with Gasteiger partial charge in [0, 0.05) is 31.6 Å². The van der Waals surface area contributed by atoms with Crippen LogP contribution in [0.2, 0.25) is 0 Å². The van der Waals surface area contributed by atoms with Gasteiger partial charge in [-0.05, 0) is 37.5 Å². The summed E-state index contributed by atoms with van der Waals surface area (Å²) < 4.78 is 5.74. The standard InChI is InChI=1S/C17H30N2O2/c1-2-17(11-14-4-3-5-15(10-14)12-17)13-21-16(20)19-8-6-18-7-9-19/h14-15,18H,2-13H2,1H3. The van der Waals surface area contributed by atoms with Crippen molar-refractivity contribution in [2.75, 3.05) is 32.8 Å². The Balaban J connectivity index is 1.55. The highest BCUT2D eigenvalue weighted by Gasteiger charge is 2.42. The lowest BCUT2D eigenvalue weighted by Crippen LogP contribution is -2.47. The monoisotopic (exact) mass is 294 g/mol. The Kier molecular flexibility index (Phi) is 4.72. The molecule has 0 spiro atoms. The zero-order chi connectivity index (χ0) is 14.7. The summed E-state index contributed by atoms with van der Waals surface area (Å²) in [4.78, 5) is 14.1. The molecule has 4 nitrogen and oxygen atoms in total. The molecule has 0 radical (unpaired) electrons. The molecule has 21 heavy (non-hydrogen) atoms. The van der Waals surface area contributed by atoms with Gasteiger partial charge < -0.3 is 15.0 Å². The smallest absolute Gasteiger partial charge is 0.409 e. The molecular formula is C17H30N2O2. The van der Waals surface area contributed by atoms with Gasteiger partial charge in [-0.1, -0.05) is 26.2 Å². The Bertz CT molecular complexity index is 354. The molecule has 3 fully saturated rings. The Morgan fingerprint density at radius 2 is 1.90 bits per heavy atom. The summed E-state index contributed by atoms with van der Waals surface area (Å²) in [6.07, 6.45) is 9.22. The van der Waals surface area contributed by atoms with Crippen LogP contribution in [0.25, 0.3) is 0 Å². The Morgan fingerprint density at radius 3 is 2.52 bits per heavy atom. The minimum atomic E-state index is -0.0972. The molecule has 2 unspecified atom stereocenters. The lowest BCUT2D eigenvalue weighted by atomic mass is 9.60. The zero-order valence-corrected chi connectivity index (χ0v) is 13.4. The van der Waals surface area contributed by atoms with Gasteiger partial charge >= 0.3 is 6.09 Å². The maximum absolute atomic E-state index is 12.2. The van der Waals surface area contributed by atoms with E-state index >= 15 is 0 Å². The number of hydrogen-bond donors (Lipinski definition) is 1. The van der Waals surface area contributed by atoms with E-state index in [0.717, 1.165) is 44.4 Å². The molecule has 1 amide bonds. The van der Waals surface area contributed by atoms with Crippen molar-refractivity contribution in [1.29, 1.82) is 0 Å². The topological polar surface area (TPSA) is 41.6 Å². The number of rotatable bonds is 3. The van der Waals surface area contributed by atoms with Crippen LogP contribution in [0.1, 0.15) is 51.9 Å². The third-order valence-corrected chi connectivity index (χ3v) is 5.96. The maximum atomic E-state index is 12.2. The molecule has 2 bridgehead atoms. The fourth-order valence-electron chi connectivity index (χ4n) is 4.74. The van der Waals surface area contributed by atoms with E-state index in [4.69, 9.17) is 4.74 Å². The molecule has 120 valence electrons. The summed E-state index contributed by atoms with van der Waals surface area (Å²) in [5.41, 5.74) is 0.262. The number of fused-ring (bicyclic) bond motifs is 2. The largest absolute Gasteiger partial charge is 0.449 e. The third-order valence-electron chi connectivity index (χ3n) is 5.96. The summed E-state index contributed by atoms with van der Waals surface area (Å²) in [6, 6.07) is 0. The average Bonchev–Trinajstić information content (AvgIpc) is 2.53. The van der Waals surface area contributed by atoms with Gasteiger partial charge in [0.05, 0.1) is 6.61 Å². The van der Waals surface area contributed by atoms with E-state index in [1.165, 1.54) is 38.5 Å². The molecule has 0 aromatic rings. The predicted molar refractivity (Wildman–Crippen MR) is 83.2 cm³/mol. The van der Waals surface area contributed by atoms with Gasteiger partial charge in [-0.25, -0.2) is 4.79 Å². The Labute approximate surface area is 128 Å². The van der Waals surface area contributed by atoms with Gasteiger partial charge in [0.1, 0.15) is 0 Å². The van der Waals surface area contributed by atoms with E-state index in [9.17, 15) is 4.79 Å². The fourth-order valence-corrected chi connectivity index (χ4v) is 4.74. The summed E-state index contributed by atoms with van der Waals surface area (Å²) in [5.74, 6) is 1.77. The number of nitrogens with zero attached hydrogens (tertiary/aromatic N) is 1. The van der Waals surface area contributed by atoms with Gasteiger partial charge in [-0.3, -0.25) is 0 Å². The molecule has 3 aliphatic rings. The highest BCUT2D eigenvalue weighted by molar-refractivity contribution is 5.67. The molecule has 4 heteroatoms. The van der Waals surface area contributed by atoms with E-state index in [0.29, 0.717) is 6.61 Å². The van der Waals surface area contributed by atoms with Crippen LogP contribution in [0.4, 0.5) is 4.79 Å². The second-order valence-corrected chi connectivity index (χ2v) is 7.45. The number of piperazine rings is 1. The Hall–Kier alpha value is -0.770. The number of nitrogens with one attached hydrogen (secondary N) is 1. The summed E-state index contributed by atoms with van der Waals surface area (Å²) in [6.45, 7) is 6.25. The molecule has 2 aliphatic carbocycles. The van der Waals surface area contributed by atoms with Crippen molar-refractivity contribution in [3.8, 4) is 0 Å². The minimum absolute atomic E-state index is 0.0972. The van der Waals surface area contributed by atoms with Crippen LogP contribution in [-0.2, 0) is 4.74 Å². The number of hydrogen-bond acceptors (Lipinski definition) is 3. The molecule has 1 heterocycles. The Morgan fingerprint density at radius 1 is 1.24 bits per heavy atom. The first-order valence-electron chi connectivity index (χ1n) is 8.83. The second kappa shape index (κ2) is 6.55. The molecule has 3 rings (SSSR count). The van der Waals surface area contributed by atoms with Gasteiger partial charge in [0.25, 0.3) is 0 Å². The van der Waals surface area contributed by atoms with Crippen LogP contribution in [0, 0.1) is 17.3 Å². The molecule has 1 N–H and O–H groups in total. The van der Waals surface area contributed by atoms with Gasteiger partial charge in [0.2, 0.25) is 0 Å². The molecule has 0 aromatic carbocycles. The van der Waals surface area contributed by atoms with Crippen molar-refractivity contribution < 1.29 is 9.53 Å². The highest BCUT2D eigenvalue weighted by Crippen LogP contribution is 2.50. The maximum Gasteiger partial charge on any atom is 0.409 e. The van der Waals surface area contributed by atoms with Gasteiger partial charge in [-0.2, -0.15) is 0 Å². The van der Waals surface area contributed by atoms with Crippen LogP contribution < -0.4 is 5.32 Å². The molecule has 1 aliphatic heterocycles. The van der Waals surface area contributed by atoms with Gasteiger partial charge in [0.15, 0.2) is 0 Å². The average molecular weight is 294 g/mol. The molecule has 1 saturated heterocycles. The van der Waals surface area contributed by atoms with Crippen molar-refractivity contribution >= 4 is 6.09 Å². The molecule has 2 atom stereocenters. The number of amides is 1. The van der Waals surface area contributed by atoms with Crippen LogP contribution >= 0.6 is 0 Å². The number of ether oxygens (including phenoxy) is 1.